The van der Waals surface area contributed by atoms with Crippen molar-refractivity contribution in [2.45, 2.75) is 43.8 Å². The van der Waals surface area contributed by atoms with Crippen molar-refractivity contribution in [3.8, 4) is 28.9 Å². The molecule has 2 aromatic carbocycles. The van der Waals surface area contributed by atoms with Crippen molar-refractivity contribution in [1.82, 2.24) is 78.6 Å². The number of aryl methyl sites for hydroxylation is 2. The first-order chi connectivity index (χ1) is 38.7. The van der Waals surface area contributed by atoms with E-state index >= 15 is 4.39 Å². The summed E-state index contributed by atoms with van der Waals surface area (Å²) in [5.74, 6) is -2.73. The summed E-state index contributed by atoms with van der Waals surface area (Å²) in [6.45, 7) is 2.35. The Balaban J connectivity index is 0.804. The number of ketones is 2. The monoisotopic (exact) mass is 1080 g/mol. The summed E-state index contributed by atoms with van der Waals surface area (Å²) in [4.78, 5) is 88.5. The zero-order valence-corrected chi connectivity index (χ0v) is 43.9. The highest BCUT2D eigenvalue weighted by atomic mass is 19.1. The number of methoxy groups -OCH3 is 1. The number of fused-ring (bicyclic) bond motifs is 2. The molecule has 2 atom stereocenters. The van der Waals surface area contributed by atoms with E-state index in [4.69, 9.17) is 24.8 Å². The smallest absolute Gasteiger partial charge is 0.295 e. The number of likely N-dealkylation sites (tertiary alicyclic amines) is 2. The Morgan fingerprint density at radius 3 is 1.80 bits per heavy atom. The molecule has 4 N–H and O–H groups in total. The molecule has 0 spiro atoms. The average Bonchev–Trinajstić information content (AvgIpc) is 4.44. The van der Waals surface area contributed by atoms with Crippen molar-refractivity contribution in [3.63, 3.8) is 0 Å². The van der Waals surface area contributed by atoms with Crippen molar-refractivity contribution in [2.24, 2.45) is 25.9 Å². The number of H-pyrrole nitrogens is 2. The molecule has 12 rings (SSSR count). The molecule has 0 aliphatic carbocycles. The molecule has 10 heterocycles. The van der Waals surface area contributed by atoms with E-state index in [0.29, 0.717) is 52.2 Å². The molecule has 24 heteroatoms. The number of aliphatic hydroxyl groups is 2. The maximum absolute atomic E-state index is 15.3. The fourth-order valence-electron chi connectivity index (χ4n) is 11.8. The quantitative estimate of drug-likeness (QED) is 0.0832. The van der Waals surface area contributed by atoms with Crippen LogP contribution in [0.3, 0.4) is 0 Å². The minimum Gasteiger partial charge on any atom is -0.494 e. The topological polar surface area (TPSA) is 279 Å². The van der Waals surface area contributed by atoms with Gasteiger partial charge in [-0.3, -0.25) is 19.2 Å². The summed E-state index contributed by atoms with van der Waals surface area (Å²) in [7, 11) is 5.03. The Morgan fingerprint density at radius 2 is 1.25 bits per heavy atom. The Labute approximate surface area is 454 Å². The van der Waals surface area contributed by atoms with Crippen LogP contribution in [0.15, 0.2) is 116 Å². The summed E-state index contributed by atoms with van der Waals surface area (Å²) in [6, 6.07) is 18.4. The molecule has 0 bridgehead atoms. The molecule has 0 saturated carbocycles. The molecule has 10 aromatic rings. The fraction of sp³-hybridized carbons (Fsp3) is 0.286. The molecule has 80 heavy (non-hydrogen) atoms. The van der Waals surface area contributed by atoms with Crippen LogP contribution in [0.25, 0.3) is 45.0 Å². The number of pyridine rings is 2. The third kappa shape index (κ3) is 8.24. The SMILES string of the molecule is COc1cnc(-n2nc(C)nc2-c2cnc(C(O)(c3ccccc3)C3CCN(C(=O)C(=O)c4c[nH]c5c(-n6ccnn6)ncc(F)c45)CC3)n2C)c2[nH]cc(C(=O)C(=O)N3CCC(C(O)(c4ccccc4)c4nccn4C)CC3)c12. The lowest BCUT2D eigenvalue weighted by atomic mass is 9.75. The van der Waals surface area contributed by atoms with Crippen molar-refractivity contribution >= 4 is 45.2 Å². The molecule has 2 aliphatic heterocycles. The van der Waals surface area contributed by atoms with Gasteiger partial charge in [-0.1, -0.05) is 65.9 Å². The molecule has 8 aromatic heterocycles. The Morgan fingerprint density at radius 1 is 0.688 bits per heavy atom. The van der Waals surface area contributed by atoms with E-state index in [0.717, 1.165) is 6.20 Å². The molecule has 2 amide bonds. The van der Waals surface area contributed by atoms with Crippen LogP contribution in [0.4, 0.5) is 4.39 Å². The van der Waals surface area contributed by atoms with Crippen LogP contribution in [-0.4, -0.2) is 145 Å². The third-order valence-corrected chi connectivity index (χ3v) is 15.8. The number of halogens is 1. The molecule has 2 unspecified atom stereocenters. The van der Waals surface area contributed by atoms with Gasteiger partial charge in [0.1, 0.15) is 28.9 Å². The van der Waals surface area contributed by atoms with Crippen molar-refractivity contribution in [3.05, 3.63) is 162 Å². The number of nitrogens with one attached hydrogen (secondary N) is 2. The van der Waals surface area contributed by atoms with Gasteiger partial charge in [-0.2, -0.15) is 4.68 Å². The second kappa shape index (κ2) is 20.0. The predicted molar refractivity (Wildman–Crippen MR) is 285 cm³/mol. The normalized spacial score (nSPS) is 16.0. The second-order valence-corrected chi connectivity index (χ2v) is 20.2. The van der Waals surface area contributed by atoms with Gasteiger partial charge >= 0.3 is 0 Å². The minimum absolute atomic E-state index is 0.0649. The third-order valence-electron chi connectivity index (χ3n) is 15.8. The Hall–Kier alpha value is -9.55. The van der Waals surface area contributed by atoms with Gasteiger partial charge in [0.25, 0.3) is 23.4 Å². The Bertz CT molecular complexity index is 4000. The van der Waals surface area contributed by atoms with Gasteiger partial charge in [-0.25, -0.2) is 34.0 Å². The molecule has 23 nitrogen and oxygen atoms in total. The molecular weight excluding hydrogens is 1030 g/mol. The minimum atomic E-state index is -1.73. The number of amides is 2. The number of carbonyl (C=O) groups excluding carboxylic acids is 4. The van der Waals surface area contributed by atoms with Gasteiger partial charge in [-0.15, -0.1) is 10.2 Å². The van der Waals surface area contributed by atoms with E-state index in [1.54, 1.807) is 53.8 Å². The van der Waals surface area contributed by atoms with Crippen LogP contribution in [0, 0.1) is 24.6 Å². The summed E-state index contributed by atoms with van der Waals surface area (Å²) in [5.41, 5.74) is -1.07. The number of imidazole rings is 2. The maximum atomic E-state index is 15.3. The van der Waals surface area contributed by atoms with Crippen molar-refractivity contribution in [2.75, 3.05) is 33.3 Å². The molecule has 2 saturated heterocycles. The molecular formula is C56H53FN16O7. The number of carbonyl (C=O) groups is 4. The van der Waals surface area contributed by atoms with Crippen molar-refractivity contribution < 1.29 is 38.5 Å². The lowest BCUT2D eigenvalue weighted by molar-refractivity contribution is -0.129. The number of aromatic nitrogens is 14. The number of piperidine rings is 2. The van der Waals surface area contributed by atoms with Gasteiger partial charge in [-0.05, 0) is 43.7 Å². The van der Waals surface area contributed by atoms with Crippen LogP contribution < -0.4 is 4.74 Å². The van der Waals surface area contributed by atoms with Crippen LogP contribution in [0.5, 0.6) is 5.75 Å². The van der Waals surface area contributed by atoms with Gasteiger partial charge in [0, 0.05) is 76.9 Å². The number of hydrogen-bond acceptors (Lipinski definition) is 15. The average molecular weight is 1080 g/mol. The van der Waals surface area contributed by atoms with E-state index in [2.05, 4.69) is 30.2 Å². The summed E-state index contributed by atoms with van der Waals surface area (Å²) < 4.78 is 27.4. The first-order valence-corrected chi connectivity index (χ1v) is 26.0. The van der Waals surface area contributed by atoms with E-state index in [1.807, 2.05) is 55.6 Å². The number of hydrogen-bond donors (Lipinski definition) is 4. The van der Waals surface area contributed by atoms with Crippen LogP contribution >= 0.6 is 0 Å². The summed E-state index contributed by atoms with van der Waals surface area (Å²) >= 11 is 0. The molecule has 2 fully saturated rings. The zero-order chi connectivity index (χ0) is 55.6. The number of ether oxygens (including phenoxy) is 1. The largest absolute Gasteiger partial charge is 0.494 e. The number of benzene rings is 2. The van der Waals surface area contributed by atoms with E-state index in [9.17, 15) is 29.4 Å². The summed E-state index contributed by atoms with van der Waals surface area (Å²) in [6.07, 6.45) is 14.4. The van der Waals surface area contributed by atoms with Crippen LogP contribution in [0.2, 0.25) is 0 Å². The van der Waals surface area contributed by atoms with E-state index in [-0.39, 0.29) is 96.0 Å². The molecule has 2 aliphatic rings. The maximum Gasteiger partial charge on any atom is 0.295 e. The number of Topliss-reactive ketones (excluding diaryl/α,β-unsaturated/α-hetero) is 2. The van der Waals surface area contributed by atoms with Crippen LogP contribution in [0.1, 0.15) is 75.0 Å². The molecule has 0 radical (unpaired) electrons. The highest BCUT2D eigenvalue weighted by Gasteiger charge is 2.48. The van der Waals surface area contributed by atoms with Gasteiger partial charge < -0.3 is 43.9 Å². The first kappa shape index (κ1) is 51.2. The summed E-state index contributed by atoms with van der Waals surface area (Å²) in [5, 5.41) is 38.3. The van der Waals surface area contributed by atoms with Crippen LogP contribution in [-0.2, 0) is 34.9 Å². The number of aromatic amines is 2. The lowest BCUT2D eigenvalue weighted by Crippen LogP contribution is -2.48. The zero-order valence-electron chi connectivity index (χ0n) is 43.9. The van der Waals surface area contributed by atoms with Gasteiger partial charge in [0.05, 0.1) is 71.0 Å². The predicted octanol–water partition coefficient (Wildman–Crippen LogP) is 4.91. The second-order valence-electron chi connectivity index (χ2n) is 20.2. The van der Waals surface area contributed by atoms with E-state index < -0.39 is 46.3 Å². The molecule has 406 valence electrons. The Kier molecular flexibility index (Phi) is 12.8. The van der Waals surface area contributed by atoms with Gasteiger partial charge in [0.15, 0.2) is 34.5 Å². The highest BCUT2D eigenvalue weighted by Crippen LogP contribution is 2.44. The number of nitrogens with zero attached hydrogens (tertiary/aromatic N) is 14. The fourth-order valence-corrected chi connectivity index (χ4v) is 11.8. The van der Waals surface area contributed by atoms with E-state index in [1.165, 1.54) is 57.3 Å². The highest BCUT2D eigenvalue weighted by molar-refractivity contribution is 6.45. The standard InChI is InChI=1S/C56H53FN16O7/c1-32-65-48(73(66-32)50-45-43(41(80-4)31-62-50)38(28-60-45)47(75)52(77)71-21-15-35(16-22-71)55(78,33-11-7-5-8-12-33)53-58-19-25-68(53)2)40-30-63-54(69(40)3)56(79,34-13-9-6-10-14-34)36-17-23-70(24-18-36)51(76)46(74)37-27-59-44-42(37)39(57)29-61-49(44)72-26-20-64-67-72/h5-14,19-20,25-31,35-36,59-60,78-79H,15-18,21-24H2,1-4H3. The van der Waals surface area contributed by atoms with Crippen molar-refractivity contribution in [1.29, 1.82) is 0 Å². The number of rotatable bonds is 14. The first-order valence-electron chi connectivity index (χ1n) is 26.0. The lowest BCUT2D eigenvalue weighted by Gasteiger charge is -2.41. The van der Waals surface area contributed by atoms with Gasteiger partial charge in [0.2, 0.25) is 0 Å².